The molecule has 1 unspecified atom stereocenters. The fourth-order valence-corrected chi connectivity index (χ4v) is 3.38. The van der Waals surface area contributed by atoms with Crippen molar-refractivity contribution in [3.05, 3.63) is 28.2 Å². The third-order valence-electron chi connectivity index (χ3n) is 4.17. The summed E-state index contributed by atoms with van der Waals surface area (Å²) in [5.41, 5.74) is 1.12. The number of hydrogen-bond acceptors (Lipinski definition) is 4. The Balaban J connectivity index is 1.89. The molecule has 0 radical (unpaired) electrons. The van der Waals surface area contributed by atoms with Gasteiger partial charge in [-0.3, -0.25) is 9.59 Å². The van der Waals surface area contributed by atoms with E-state index in [4.69, 9.17) is 9.47 Å². The number of hydrogen-bond donors (Lipinski definition) is 0. The van der Waals surface area contributed by atoms with E-state index in [-0.39, 0.29) is 17.8 Å². The lowest BCUT2D eigenvalue weighted by atomic mass is 9.97. The summed E-state index contributed by atoms with van der Waals surface area (Å²) in [6.45, 7) is 7.08. The van der Waals surface area contributed by atoms with Gasteiger partial charge in [-0.1, -0.05) is 6.07 Å². The first kappa shape index (κ1) is 18.8. The van der Waals surface area contributed by atoms with Crippen molar-refractivity contribution in [2.75, 3.05) is 19.7 Å². The maximum atomic E-state index is 12.6. The molecular formula is C18H24BrNO4. The molecule has 2 rings (SSSR count). The summed E-state index contributed by atoms with van der Waals surface area (Å²) < 4.78 is 11.7. The number of rotatable bonds is 5. The smallest absolute Gasteiger partial charge is 0.309 e. The van der Waals surface area contributed by atoms with E-state index in [1.54, 1.807) is 18.7 Å². The average molecular weight is 398 g/mol. The molecule has 0 bridgehead atoms. The number of piperidine rings is 1. The van der Waals surface area contributed by atoms with Gasteiger partial charge in [-0.15, -0.1) is 0 Å². The Kier molecular flexibility index (Phi) is 6.66. The Morgan fingerprint density at radius 1 is 1.33 bits per heavy atom. The minimum absolute atomic E-state index is 0.0511. The van der Waals surface area contributed by atoms with Crippen LogP contribution in [-0.2, 0) is 14.3 Å². The summed E-state index contributed by atoms with van der Waals surface area (Å²) in [6, 6.07) is 5.76. The molecule has 1 aromatic rings. The number of aryl methyl sites for hydroxylation is 1. The van der Waals surface area contributed by atoms with E-state index in [1.165, 1.54) is 0 Å². The number of halogens is 1. The largest absolute Gasteiger partial charge is 0.480 e. The Hall–Kier alpha value is -1.56. The van der Waals surface area contributed by atoms with Crippen LogP contribution < -0.4 is 4.74 Å². The van der Waals surface area contributed by atoms with Crippen LogP contribution in [0.15, 0.2) is 22.7 Å². The molecule has 0 aliphatic carbocycles. The standard InChI is InChI=1S/C18H24BrNO4/c1-4-23-18(22)14-7-9-20(10-8-14)17(21)13(3)24-16-6-5-12(2)11-15(16)19/h5-6,11,13-14H,4,7-10H2,1-3H3. The lowest BCUT2D eigenvalue weighted by Crippen LogP contribution is -2.46. The highest BCUT2D eigenvalue weighted by atomic mass is 79.9. The van der Waals surface area contributed by atoms with Crippen LogP contribution in [0.4, 0.5) is 0 Å². The van der Waals surface area contributed by atoms with Gasteiger partial charge in [0.1, 0.15) is 5.75 Å². The molecule has 1 fully saturated rings. The van der Waals surface area contributed by atoms with Crippen LogP contribution in [0.5, 0.6) is 5.75 Å². The van der Waals surface area contributed by atoms with E-state index in [9.17, 15) is 9.59 Å². The molecule has 0 aromatic heterocycles. The van der Waals surface area contributed by atoms with Crippen molar-refractivity contribution in [1.82, 2.24) is 4.90 Å². The number of ether oxygens (including phenoxy) is 2. The van der Waals surface area contributed by atoms with E-state index in [1.807, 2.05) is 25.1 Å². The normalized spacial score (nSPS) is 16.6. The quantitative estimate of drug-likeness (QED) is 0.714. The maximum Gasteiger partial charge on any atom is 0.309 e. The zero-order chi connectivity index (χ0) is 17.7. The fourth-order valence-electron chi connectivity index (χ4n) is 2.80. The van der Waals surface area contributed by atoms with E-state index >= 15 is 0 Å². The van der Waals surface area contributed by atoms with E-state index in [2.05, 4.69) is 15.9 Å². The number of amides is 1. The fraction of sp³-hybridized carbons (Fsp3) is 0.556. The third-order valence-corrected chi connectivity index (χ3v) is 4.79. The number of esters is 1. The summed E-state index contributed by atoms with van der Waals surface area (Å²) in [5, 5.41) is 0. The number of carbonyl (C=O) groups excluding carboxylic acids is 2. The van der Waals surface area contributed by atoms with E-state index in [0.717, 1.165) is 10.0 Å². The Morgan fingerprint density at radius 3 is 2.58 bits per heavy atom. The summed E-state index contributed by atoms with van der Waals surface area (Å²) in [5.74, 6) is 0.349. The predicted molar refractivity (Wildman–Crippen MR) is 94.9 cm³/mol. The predicted octanol–water partition coefficient (Wildman–Crippen LogP) is 3.33. The second-order valence-corrected chi connectivity index (χ2v) is 6.90. The molecule has 1 aliphatic rings. The zero-order valence-corrected chi connectivity index (χ0v) is 16.0. The number of carbonyl (C=O) groups is 2. The van der Waals surface area contributed by atoms with Gasteiger partial charge in [0.2, 0.25) is 0 Å². The van der Waals surface area contributed by atoms with Crippen LogP contribution in [-0.4, -0.2) is 42.6 Å². The third kappa shape index (κ3) is 4.72. The molecule has 132 valence electrons. The molecule has 0 saturated carbocycles. The molecule has 1 heterocycles. The van der Waals surface area contributed by atoms with E-state index < -0.39 is 6.10 Å². The van der Waals surface area contributed by atoms with Gasteiger partial charge in [0.25, 0.3) is 5.91 Å². The van der Waals surface area contributed by atoms with Crippen LogP contribution in [0.3, 0.4) is 0 Å². The van der Waals surface area contributed by atoms with Gasteiger partial charge in [0.15, 0.2) is 6.10 Å². The molecule has 0 N–H and O–H groups in total. The second-order valence-electron chi connectivity index (χ2n) is 6.05. The van der Waals surface area contributed by atoms with Crippen molar-refractivity contribution in [3.63, 3.8) is 0 Å². The minimum atomic E-state index is -0.567. The second kappa shape index (κ2) is 8.51. The number of benzene rings is 1. The molecule has 24 heavy (non-hydrogen) atoms. The van der Waals surface area contributed by atoms with Crippen LogP contribution in [0.2, 0.25) is 0 Å². The van der Waals surface area contributed by atoms with Crippen molar-refractivity contribution in [2.45, 2.75) is 39.7 Å². The Labute approximate surface area is 151 Å². The lowest BCUT2D eigenvalue weighted by molar-refractivity contribution is -0.152. The highest BCUT2D eigenvalue weighted by molar-refractivity contribution is 9.10. The monoisotopic (exact) mass is 397 g/mol. The maximum absolute atomic E-state index is 12.6. The van der Waals surface area contributed by atoms with Gasteiger partial charge in [-0.2, -0.15) is 0 Å². The Morgan fingerprint density at radius 2 is 2.00 bits per heavy atom. The molecule has 0 spiro atoms. The van der Waals surface area contributed by atoms with Gasteiger partial charge in [0, 0.05) is 13.1 Å². The van der Waals surface area contributed by atoms with Crippen molar-refractivity contribution >= 4 is 27.8 Å². The minimum Gasteiger partial charge on any atom is -0.480 e. The molecule has 1 saturated heterocycles. The van der Waals surface area contributed by atoms with Crippen molar-refractivity contribution in [3.8, 4) is 5.75 Å². The molecule has 1 aliphatic heterocycles. The van der Waals surface area contributed by atoms with E-state index in [0.29, 0.717) is 38.3 Å². The highest BCUT2D eigenvalue weighted by Gasteiger charge is 2.30. The Bertz CT molecular complexity index is 597. The average Bonchev–Trinajstić information content (AvgIpc) is 2.57. The summed E-state index contributed by atoms with van der Waals surface area (Å²) in [4.78, 5) is 26.1. The first-order valence-electron chi connectivity index (χ1n) is 8.30. The van der Waals surface area contributed by atoms with Gasteiger partial charge in [-0.05, 0) is 67.2 Å². The lowest BCUT2D eigenvalue weighted by Gasteiger charge is -2.32. The van der Waals surface area contributed by atoms with Gasteiger partial charge >= 0.3 is 5.97 Å². The first-order chi connectivity index (χ1) is 11.4. The SMILES string of the molecule is CCOC(=O)C1CCN(C(=O)C(C)Oc2ccc(C)cc2Br)CC1. The van der Waals surface area contributed by atoms with Crippen molar-refractivity contribution < 1.29 is 19.1 Å². The number of likely N-dealkylation sites (tertiary alicyclic amines) is 1. The van der Waals surface area contributed by atoms with Crippen molar-refractivity contribution in [2.24, 2.45) is 5.92 Å². The van der Waals surface area contributed by atoms with Gasteiger partial charge in [0.05, 0.1) is 17.0 Å². The molecule has 6 heteroatoms. The molecule has 1 aromatic carbocycles. The molecular weight excluding hydrogens is 374 g/mol. The van der Waals surface area contributed by atoms with Gasteiger partial charge < -0.3 is 14.4 Å². The van der Waals surface area contributed by atoms with Gasteiger partial charge in [-0.25, -0.2) is 0 Å². The summed E-state index contributed by atoms with van der Waals surface area (Å²) >= 11 is 3.46. The van der Waals surface area contributed by atoms with Crippen LogP contribution in [0, 0.1) is 12.8 Å². The summed E-state index contributed by atoms with van der Waals surface area (Å²) in [6.07, 6.45) is 0.722. The molecule has 1 amide bonds. The first-order valence-corrected chi connectivity index (χ1v) is 9.10. The topological polar surface area (TPSA) is 55.8 Å². The summed E-state index contributed by atoms with van der Waals surface area (Å²) in [7, 11) is 0. The van der Waals surface area contributed by atoms with Crippen LogP contribution in [0.25, 0.3) is 0 Å². The molecule has 5 nitrogen and oxygen atoms in total. The van der Waals surface area contributed by atoms with Crippen LogP contribution in [0.1, 0.15) is 32.3 Å². The van der Waals surface area contributed by atoms with Crippen LogP contribution >= 0.6 is 15.9 Å². The number of nitrogens with zero attached hydrogens (tertiary/aromatic N) is 1. The molecule has 1 atom stereocenters. The zero-order valence-electron chi connectivity index (χ0n) is 14.4. The highest BCUT2D eigenvalue weighted by Crippen LogP contribution is 2.27. The van der Waals surface area contributed by atoms with Crippen molar-refractivity contribution in [1.29, 1.82) is 0 Å².